The molecular weight excluding hydrogens is 242 g/mol. The van der Waals surface area contributed by atoms with E-state index in [0.717, 1.165) is 25.7 Å². The van der Waals surface area contributed by atoms with Crippen LogP contribution in [0.2, 0.25) is 0 Å². The first-order valence-corrected chi connectivity index (χ1v) is 8.13. The molecule has 1 aliphatic carbocycles. The van der Waals surface area contributed by atoms with E-state index in [1.54, 1.807) is 0 Å². The van der Waals surface area contributed by atoms with E-state index >= 15 is 0 Å². The van der Waals surface area contributed by atoms with Crippen LogP contribution in [0.25, 0.3) is 0 Å². The van der Waals surface area contributed by atoms with Gasteiger partial charge in [0.15, 0.2) is 0 Å². The van der Waals surface area contributed by atoms with E-state index in [2.05, 4.69) is 32.0 Å². The van der Waals surface area contributed by atoms with Gasteiger partial charge in [-0.2, -0.15) is 0 Å². The van der Waals surface area contributed by atoms with Gasteiger partial charge in [0.25, 0.3) is 0 Å². The Balaban J connectivity index is 2.02. The van der Waals surface area contributed by atoms with E-state index in [-0.39, 0.29) is 6.04 Å². The molecule has 2 nitrogen and oxygen atoms in total. The summed E-state index contributed by atoms with van der Waals surface area (Å²) in [6, 6.07) is 6.71. The molecule has 3 atom stereocenters. The second kappa shape index (κ2) is 5.98. The van der Waals surface area contributed by atoms with Gasteiger partial charge in [-0.3, -0.25) is 4.21 Å². The summed E-state index contributed by atoms with van der Waals surface area (Å²) in [5, 5.41) is 0.301. The molecule has 1 aliphatic rings. The molecule has 2 rings (SSSR count). The summed E-state index contributed by atoms with van der Waals surface area (Å²) in [5.41, 5.74) is 9.67. The third-order valence-electron chi connectivity index (χ3n) is 3.63. The molecule has 2 N–H and O–H groups in total. The van der Waals surface area contributed by atoms with E-state index in [1.165, 1.54) is 16.7 Å². The van der Waals surface area contributed by atoms with Gasteiger partial charge < -0.3 is 5.73 Å². The maximum atomic E-state index is 12.4. The van der Waals surface area contributed by atoms with Gasteiger partial charge in [-0.05, 0) is 38.7 Å². The molecule has 0 aliphatic heterocycles. The fraction of sp³-hybridized carbons (Fsp3) is 0.600. The Morgan fingerprint density at radius 1 is 1.22 bits per heavy atom. The van der Waals surface area contributed by atoms with Crippen LogP contribution in [0.4, 0.5) is 0 Å². The molecule has 0 spiro atoms. The summed E-state index contributed by atoms with van der Waals surface area (Å²) in [5.74, 6) is 0.680. The SMILES string of the molecule is Cc1cc(C)cc(CS(=O)C2CCCC(N)C2)c1. The largest absolute Gasteiger partial charge is 0.328 e. The minimum atomic E-state index is -0.775. The number of hydrogen-bond donors (Lipinski definition) is 1. The molecule has 3 unspecified atom stereocenters. The molecule has 18 heavy (non-hydrogen) atoms. The lowest BCUT2D eigenvalue weighted by Crippen LogP contribution is -2.33. The predicted molar refractivity (Wildman–Crippen MR) is 78.0 cm³/mol. The Morgan fingerprint density at radius 2 is 1.89 bits per heavy atom. The van der Waals surface area contributed by atoms with Crippen LogP contribution < -0.4 is 5.73 Å². The van der Waals surface area contributed by atoms with Crippen molar-refractivity contribution in [1.82, 2.24) is 0 Å². The molecule has 0 radical (unpaired) electrons. The lowest BCUT2D eigenvalue weighted by Gasteiger charge is -2.26. The average molecular weight is 265 g/mol. The number of hydrogen-bond acceptors (Lipinski definition) is 2. The van der Waals surface area contributed by atoms with Crippen molar-refractivity contribution in [3.05, 3.63) is 34.9 Å². The summed E-state index contributed by atoms with van der Waals surface area (Å²) in [4.78, 5) is 0. The smallest absolute Gasteiger partial charge is 0.0488 e. The third-order valence-corrected chi connectivity index (χ3v) is 5.42. The van der Waals surface area contributed by atoms with Crippen molar-refractivity contribution in [2.45, 2.75) is 56.6 Å². The topological polar surface area (TPSA) is 43.1 Å². The summed E-state index contributed by atoms with van der Waals surface area (Å²) >= 11 is 0. The Morgan fingerprint density at radius 3 is 2.50 bits per heavy atom. The second-order valence-electron chi connectivity index (χ2n) is 5.57. The molecule has 0 heterocycles. The zero-order chi connectivity index (χ0) is 13.1. The lowest BCUT2D eigenvalue weighted by molar-refractivity contribution is 0.444. The molecule has 3 heteroatoms. The van der Waals surface area contributed by atoms with Crippen LogP contribution in [0, 0.1) is 13.8 Å². The van der Waals surface area contributed by atoms with Gasteiger partial charge in [0.05, 0.1) is 0 Å². The second-order valence-corrected chi connectivity index (χ2v) is 7.29. The van der Waals surface area contributed by atoms with Crippen molar-refractivity contribution in [2.75, 3.05) is 0 Å². The van der Waals surface area contributed by atoms with Gasteiger partial charge in [-0.1, -0.05) is 35.7 Å². The van der Waals surface area contributed by atoms with Gasteiger partial charge in [0.2, 0.25) is 0 Å². The fourth-order valence-corrected chi connectivity index (χ4v) is 4.48. The van der Waals surface area contributed by atoms with Crippen molar-refractivity contribution in [2.24, 2.45) is 5.73 Å². The highest BCUT2D eigenvalue weighted by Gasteiger charge is 2.24. The average Bonchev–Trinajstić information content (AvgIpc) is 2.27. The van der Waals surface area contributed by atoms with Gasteiger partial charge in [-0.15, -0.1) is 0 Å². The Bertz CT molecular complexity index is 424. The van der Waals surface area contributed by atoms with Crippen LogP contribution >= 0.6 is 0 Å². The number of aryl methyl sites for hydroxylation is 2. The summed E-state index contributed by atoms with van der Waals surface area (Å²) in [6.45, 7) is 4.19. The van der Waals surface area contributed by atoms with E-state index in [9.17, 15) is 4.21 Å². The van der Waals surface area contributed by atoms with Crippen molar-refractivity contribution < 1.29 is 4.21 Å². The normalized spacial score (nSPS) is 25.9. The highest BCUT2D eigenvalue weighted by atomic mass is 32.2. The zero-order valence-electron chi connectivity index (χ0n) is 11.3. The molecule has 0 bridgehead atoms. The van der Waals surface area contributed by atoms with Crippen molar-refractivity contribution in [1.29, 1.82) is 0 Å². The first kappa shape index (κ1) is 13.8. The number of rotatable bonds is 3. The molecule has 100 valence electrons. The number of benzene rings is 1. The maximum absolute atomic E-state index is 12.4. The van der Waals surface area contributed by atoms with Crippen LogP contribution in [0.1, 0.15) is 42.4 Å². The zero-order valence-corrected chi connectivity index (χ0v) is 12.1. The molecule has 1 aromatic carbocycles. The third kappa shape index (κ3) is 3.66. The quantitative estimate of drug-likeness (QED) is 0.913. The summed E-state index contributed by atoms with van der Waals surface area (Å²) in [6.07, 6.45) is 4.23. The molecule has 1 fully saturated rings. The highest BCUT2D eigenvalue weighted by Crippen LogP contribution is 2.23. The molecule has 0 amide bonds. The number of nitrogens with two attached hydrogens (primary N) is 1. The molecule has 0 saturated heterocycles. The molecule has 0 aromatic heterocycles. The predicted octanol–water partition coefficient (Wildman–Crippen LogP) is 2.82. The molecular formula is C15H23NOS. The van der Waals surface area contributed by atoms with Crippen molar-refractivity contribution >= 4 is 10.8 Å². The Labute approximate surface area is 112 Å². The van der Waals surface area contributed by atoms with Crippen LogP contribution in [-0.4, -0.2) is 15.5 Å². The fourth-order valence-electron chi connectivity index (χ4n) is 2.85. The first-order valence-electron chi connectivity index (χ1n) is 6.74. The van der Waals surface area contributed by atoms with E-state index in [4.69, 9.17) is 5.73 Å². The Hall–Kier alpha value is -0.670. The van der Waals surface area contributed by atoms with E-state index in [0.29, 0.717) is 11.0 Å². The van der Waals surface area contributed by atoms with Gasteiger partial charge in [-0.25, -0.2) is 0 Å². The van der Waals surface area contributed by atoms with Crippen LogP contribution in [0.5, 0.6) is 0 Å². The minimum absolute atomic E-state index is 0.256. The minimum Gasteiger partial charge on any atom is -0.328 e. The van der Waals surface area contributed by atoms with Crippen LogP contribution in [0.3, 0.4) is 0 Å². The lowest BCUT2D eigenvalue weighted by atomic mass is 9.96. The van der Waals surface area contributed by atoms with E-state index in [1.807, 2.05) is 0 Å². The monoisotopic (exact) mass is 265 g/mol. The van der Waals surface area contributed by atoms with Crippen LogP contribution in [0.15, 0.2) is 18.2 Å². The van der Waals surface area contributed by atoms with Gasteiger partial charge in [0.1, 0.15) is 0 Å². The van der Waals surface area contributed by atoms with E-state index < -0.39 is 10.8 Å². The highest BCUT2D eigenvalue weighted by molar-refractivity contribution is 7.84. The summed E-state index contributed by atoms with van der Waals surface area (Å²) < 4.78 is 12.4. The van der Waals surface area contributed by atoms with Crippen LogP contribution in [-0.2, 0) is 16.6 Å². The van der Waals surface area contributed by atoms with Crippen molar-refractivity contribution in [3.8, 4) is 0 Å². The first-order chi connectivity index (χ1) is 8.54. The van der Waals surface area contributed by atoms with Gasteiger partial charge in [0, 0.05) is 27.8 Å². The van der Waals surface area contributed by atoms with Crippen molar-refractivity contribution in [3.63, 3.8) is 0 Å². The summed E-state index contributed by atoms with van der Waals surface area (Å²) in [7, 11) is -0.775. The molecule has 1 saturated carbocycles. The van der Waals surface area contributed by atoms with Gasteiger partial charge >= 0.3 is 0 Å². The Kier molecular flexibility index (Phi) is 4.57. The molecule has 1 aromatic rings. The standard InChI is InChI=1S/C15H23NOS/c1-11-6-12(2)8-13(7-11)10-18(17)15-5-3-4-14(16)9-15/h6-8,14-15H,3-5,9-10,16H2,1-2H3. The maximum Gasteiger partial charge on any atom is 0.0488 e.